The second-order valence-electron chi connectivity index (χ2n) is 6.83. The minimum atomic E-state index is -0.0734. The molecule has 0 radical (unpaired) electrons. The molecule has 1 amide bonds. The molecule has 0 fully saturated rings. The Labute approximate surface area is 176 Å². The predicted octanol–water partition coefficient (Wildman–Crippen LogP) is 4.61. The van der Waals surface area contributed by atoms with Crippen LogP contribution in [-0.2, 0) is 11.2 Å². The van der Waals surface area contributed by atoms with Gasteiger partial charge in [-0.15, -0.1) is 0 Å². The number of fused-ring (bicyclic) bond motifs is 1. The summed E-state index contributed by atoms with van der Waals surface area (Å²) in [6.07, 6.45) is 0.985. The number of aryl methyl sites for hydroxylation is 1. The molecule has 29 heavy (non-hydrogen) atoms. The number of para-hydroxylation sites is 1. The fourth-order valence-corrected chi connectivity index (χ4v) is 4.21. The van der Waals surface area contributed by atoms with Crippen LogP contribution in [0, 0.1) is 0 Å². The van der Waals surface area contributed by atoms with Gasteiger partial charge in [-0.1, -0.05) is 56.4 Å². The zero-order chi connectivity index (χ0) is 20.6. The van der Waals surface area contributed by atoms with Crippen molar-refractivity contribution in [1.82, 2.24) is 9.88 Å². The summed E-state index contributed by atoms with van der Waals surface area (Å²) in [6, 6.07) is 15.8. The fraction of sp³-hybridized carbons (Fsp3) is 0.391. The van der Waals surface area contributed by atoms with Crippen molar-refractivity contribution in [2.24, 2.45) is 0 Å². The zero-order valence-electron chi connectivity index (χ0n) is 17.4. The van der Waals surface area contributed by atoms with Crippen molar-refractivity contribution >= 4 is 32.6 Å². The van der Waals surface area contributed by atoms with Crippen LogP contribution in [0.25, 0.3) is 10.2 Å². The topological polar surface area (TPSA) is 45.7 Å². The van der Waals surface area contributed by atoms with Crippen molar-refractivity contribution in [1.29, 1.82) is 0 Å². The number of carbonyl (C=O) groups is 1. The van der Waals surface area contributed by atoms with Gasteiger partial charge in [-0.05, 0) is 49.3 Å². The molecule has 0 aliphatic rings. The van der Waals surface area contributed by atoms with Gasteiger partial charge in [-0.25, -0.2) is 4.98 Å². The number of hydrogen-bond acceptors (Lipinski definition) is 5. The van der Waals surface area contributed by atoms with Crippen molar-refractivity contribution in [2.45, 2.75) is 27.2 Å². The predicted molar refractivity (Wildman–Crippen MR) is 121 cm³/mol. The van der Waals surface area contributed by atoms with E-state index in [9.17, 15) is 4.79 Å². The number of nitrogens with zero attached hydrogens (tertiary/aromatic N) is 3. The lowest BCUT2D eigenvalue weighted by atomic mass is 10.2. The summed E-state index contributed by atoms with van der Waals surface area (Å²) in [6.45, 7) is 9.73. The minimum Gasteiger partial charge on any atom is -0.484 e. The van der Waals surface area contributed by atoms with Gasteiger partial charge in [0.1, 0.15) is 5.75 Å². The van der Waals surface area contributed by atoms with Crippen LogP contribution in [0.2, 0.25) is 0 Å². The van der Waals surface area contributed by atoms with Gasteiger partial charge in [0, 0.05) is 13.1 Å². The van der Waals surface area contributed by atoms with Gasteiger partial charge in [0.15, 0.2) is 11.7 Å². The van der Waals surface area contributed by atoms with Crippen molar-refractivity contribution in [3.8, 4) is 5.75 Å². The van der Waals surface area contributed by atoms with Crippen molar-refractivity contribution in [2.75, 3.05) is 37.7 Å². The number of carbonyl (C=O) groups excluding carboxylic acids is 1. The highest BCUT2D eigenvalue weighted by atomic mass is 32.1. The summed E-state index contributed by atoms with van der Waals surface area (Å²) >= 11 is 1.57. The summed E-state index contributed by atoms with van der Waals surface area (Å²) in [7, 11) is 0. The van der Waals surface area contributed by atoms with Gasteiger partial charge < -0.3 is 9.64 Å². The van der Waals surface area contributed by atoms with Crippen LogP contribution in [-0.4, -0.2) is 48.6 Å². The van der Waals surface area contributed by atoms with E-state index in [1.807, 2.05) is 36.4 Å². The molecule has 0 unspecified atom stereocenters. The van der Waals surface area contributed by atoms with E-state index in [0.717, 1.165) is 41.4 Å². The number of hydrogen-bond donors (Lipinski definition) is 0. The van der Waals surface area contributed by atoms with E-state index in [-0.39, 0.29) is 12.5 Å². The number of ether oxygens (including phenoxy) is 1. The van der Waals surface area contributed by atoms with Gasteiger partial charge in [0.25, 0.3) is 5.91 Å². The van der Waals surface area contributed by atoms with Gasteiger partial charge >= 0.3 is 0 Å². The number of anilines is 1. The normalized spacial score (nSPS) is 11.2. The number of benzene rings is 2. The third-order valence-corrected chi connectivity index (χ3v) is 6.06. The second kappa shape index (κ2) is 10.4. The maximum atomic E-state index is 13.1. The van der Waals surface area contributed by atoms with E-state index in [2.05, 4.69) is 37.8 Å². The Hall–Kier alpha value is -2.44. The first kappa shape index (κ1) is 21.3. The summed E-state index contributed by atoms with van der Waals surface area (Å²) in [4.78, 5) is 21.9. The van der Waals surface area contributed by atoms with Gasteiger partial charge in [-0.3, -0.25) is 9.69 Å². The number of amides is 1. The molecule has 3 aromatic rings. The molecule has 1 heterocycles. The van der Waals surface area contributed by atoms with E-state index in [0.29, 0.717) is 12.3 Å². The minimum absolute atomic E-state index is 0.00159. The molecule has 6 heteroatoms. The molecule has 0 N–H and O–H groups in total. The van der Waals surface area contributed by atoms with Gasteiger partial charge in [0.05, 0.1) is 10.2 Å². The molecule has 1 aromatic heterocycles. The Balaban J connectivity index is 1.80. The van der Waals surface area contributed by atoms with Crippen molar-refractivity contribution in [3.05, 3.63) is 54.1 Å². The van der Waals surface area contributed by atoms with Crippen LogP contribution >= 0.6 is 11.3 Å². The molecule has 5 nitrogen and oxygen atoms in total. The van der Waals surface area contributed by atoms with Crippen molar-refractivity contribution < 1.29 is 9.53 Å². The summed E-state index contributed by atoms with van der Waals surface area (Å²) in [5.41, 5.74) is 2.22. The average Bonchev–Trinajstić information content (AvgIpc) is 3.18. The molecule has 154 valence electrons. The molecule has 0 atom stereocenters. The lowest BCUT2D eigenvalue weighted by Gasteiger charge is -2.24. The van der Waals surface area contributed by atoms with Crippen LogP contribution in [0.5, 0.6) is 5.75 Å². The maximum absolute atomic E-state index is 13.1. The first-order valence-corrected chi connectivity index (χ1v) is 11.1. The lowest BCUT2D eigenvalue weighted by Crippen LogP contribution is -2.41. The molecular formula is C23H29N3O2S. The first-order chi connectivity index (χ1) is 14.1. The zero-order valence-corrected chi connectivity index (χ0v) is 18.2. The average molecular weight is 412 g/mol. The van der Waals surface area contributed by atoms with Gasteiger partial charge in [-0.2, -0.15) is 0 Å². The van der Waals surface area contributed by atoms with Crippen LogP contribution in [0.15, 0.2) is 48.5 Å². The summed E-state index contributed by atoms with van der Waals surface area (Å²) in [5.74, 6) is 0.622. The molecule has 0 aliphatic carbocycles. The Morgan fingerprint density at radius 1 is 1.03 bits per heavy atom. The lowest BCUT2D eigenvalue weighted by molar-refractivity contribution is -0.120. The summed E-state index contributed by atoms with van der Waals surface area (Å²) in [5, 5.41) is 0.738. The molecule has 0 bridgehead atoms. The summed E-state index contributed by atoms with van der Waals surface area (Å²) < 4.78 is 6.83. The maximum Gasteiger partial charge on any atom is 0.266 e. The highest BCUT2D eigenvalue weighted by Gasteiger charge is 2.21. The molecule has 0 spiro atoms. The van der Waals surface area contributed by atoms with E-state index < -0.39 is 0 Å². The van der Waals surface area contributed by atoms with Crippen LogP contribution in [0.4, 0.5) is 5.13 Å². The van der Waals surface area contributed by atoms with Crippen LogP contribution in [0.3, 0.4) is 0 Å². The number of rotatable bonds is 10. The third-order valence-electron chi connectivity index (χ3n) is 5.02. The monoisotopic (exact) mass is 411 g/mol. The SMILES string of the molecule is CCc1ccc2nc(N(CCN(CC)CC)C(=O)COc3ccccc3)sc2c1. The quantitative estimate of drug-likeness (QED) is 0.489. The Morgan fingerprint density at radius 3 is 2.48 bits per heavy atom. The smallest absolute Gasteiger partial charge is 0.266 e. The largest absolute Gasteiger partial charge is 0.484 e. The van der Waals surface area contributed by atoms with Crippen molar-refractivity contribution in [3.63, 3.8) is 0 Å². The van der Waals surface area contributed by atoms with E-state index >= 15 is 0 Å². The molecule has 0 aliphatic heterocycles. The Kier molecular flexibility index (Phi) is 7.61. The first-order valence-electron chi connectivity index (χ1n) is 10.2. The van der Waals surface area contributed by atoms with Crippen LogP contribution < -0.4 is 9.64 Å². The number of likely N-dealkylation sites (N-methyl/N-ethyl adjacent to an activating group) is 1. The Morgan fingerprint density at radius 2 is 1.79 bits per heavy atom. The van der Waals surface area contributed by atoms with Gasteiger partial charge in [0.2, 0.25) is 0 Å². The fourth-order valence-electron chi connectivity index (χ4n) is 3.14. The van der Waals surface area contributed by atoms with Crippen LogP contribution in [0.1, 0.15) is 26.3 Å². The molecule has 3 rings (SSSR count). The highest BCUT2D eigenvalue weighted by Crippen LogP contribution is 2.30. The number of thiazole rings is 1. The standard InChI is InChI=1S/C23H29N3O2S/c1-4-18-12-13-20-21(16-18)29-23(24-20)26(15-14-25(5-2)6-3)22(27)17-28-19-10-8-7-9-11-19/h7-13,16H,4-6,14-15,17H2,1-3H3. The molecule has 0 saturated heterocycles. The molecule has 2 aromatic carbocycles. The molecular weight excluding hydrogens is 382 g/mol. The second-order valence-corrected chi connectivity index (χ2v) is 7.84. The molecule has 0 saturated carbocycles. The van der Waals surface area contributed by atoms with E-state index in [1.54, 1.807) is 16.2 Å². The Bertz CT molecular complexity index is 922. The van der Waals surface area contributed by atoms with E-state index in [4.69, 9.17) is 9.72 Å². The third kappa shape index (κ3) is 5.55. The number of aromatic nitrogens is 1. The highest BCUT2D eigenvalue weighted by molar-refractivity contribution is 7.22. The van der Waals surface area contributed by atoms with E-state index in [1.165, 1.54) is 5.56 Å².